The SMILES string of the molecule is Cc1ccc2c(c1)oc(=O)c1c(O)c3ccccc3cc12. The van der Waals surface area contributed by atoms with Crippen LogP contribution in [0, 0.1) is 6.92 Å². The van der Waals surface area contributed by atoms with Gasteiger partial charge >= 0.3 is 5.63 Å². The fourth-order valence-corrected chi connectivity index (χ4v) is 2.83. The topological polar surface area (TPSA) is 50.4 Å². The molecule has 4 rings (SSSR count). The first kappa shape index (κ1) is 12.0. The Labute approximate surface area is 120 Å². The van der Waals surface area contributed by atoms with Gasteiger partial charge in [0.1, 0.15) is 16.7 Å². The summed E-state index contributed by atoms with van der Waals surface area (Å²) < 4.78 is 5.37. The van der Waals surface area contributed by atoms with Crippen LogP contribution in [-0.2, 0) is 0 Å². The molecular formula is C18H12O3. The molecule has 0 radical (unpaired) electrons. The first-order valence-electron chi connectivity index (χ1n) is 6.73. The highest BCUT2D eigenvalue weighted by Gasteiger charge is 2.14. The lowest BCUT2D eigenvalue weighted by Crippen LogP contribution is -2.00. The maximum atomic E-state index is 12.2. The van der Waals surface area contributed by atoms with Crippen molar-refractivity contribution in [2.45, 2.75) is 6.92 Å². The van der Waals surface area contributed by atoms with Crippen LogP contribution in [0.1, 0.15) is 5.56 Å². The van der Waals surface area contributed by atoms with E-state index in [1.807, 2.05) is 49.4 Å². The van der Waals surface area contributed by atoms with Crippen molar-refractivity contribution in [1.29, 1.82) is 0 Å². The fraction of sp³-hybridized carbons (Fsp3) is 0.0556. The smallest absolute Gasteiger partial charge is 0.348 e. The molecule has 0 amide bonds. The number of hydrogen-bond donors (Lipinski definition) is 1. The standard InChI is InChI=1S/C18H12O3/c1-10-6-7-13-14-9-11-4-2-3-5-12(11)17(19)16(14)18(20)21-15(13)8-10/h2-9,19H,1H3. The van der Waals surface area contributed by atoms with E-state index < -0.39 is 5.63 Å². The molecule has 3 aromatic carbocycles. The summed E-state index contributed by atoms with van der Waals surface area (Å²) in [5.74, 6) is -0.0145. The van der Waals surface area contributed by atoms with E-state index in [0.29, 0.717) is 11.0 Å². The summed E-state index contributed by atoms with van der Waals surface area (Å²) in [6.07, 6.45) is 0. The van der Waals surface area contributed by atoms with E-state index in [0.717, 1.165) is 21.7 Å². The minimum atomic E-state index is -0.508. The Morgan fingerprint density at radius 1 is 0.952 bits per heavy atom. The molecule has 0 saturated heterocycles. The summed E-state index contributed by atoms with van der Waals surface area (Å²) >= 11 is 0. The van der Waals surface area contributed by atoms with E-state index in [1.165, 1.54) is 0 Å². The van der Waals surface area contributed by atoms with Crippen molar-refractivity contribution in [1.82, 2.24) is 0 Å². The van der Waals surface area contributed by atoms with Gasteiger partial charge < -0.3 is 9.52 Å². The molecule has 0 fully saturated rings. The van der Waals surface area contributed by atoms with Crippen LogP contribution in [0.5, 0.6) is 5.75 Å². The van der Waals surface area contributed by atoms with Gasteiger partial charge in [-0.15, -0.1) is 0 Å². The molecule has 3 heteroatoms. The van der Waals surface area contributed by atoms with E-state index in [1.54, 1.807) is 6.07 Å². The van der Waals surface area contributed by atoms with Gasteiger partial charge in [0, 0.05) is 16.2 Å². The molecule has 0 bridgehead atoms. The van der Waals surface area contributed by atoms with Crippen LogP contribution in [0.3, 0.4) is 0 Å². The molecule has 102 valence electrons. The van der Waals surface area contributed by atoms with Gasteiger partial charge in [-0.05, 0) is 30.0 Å². The number of aromatic hydroxyl groups is 1. The molecule has 4 aromatic rings. The lowest BCUT2D eigenvalue weighted by molar-refractivity contribution is 0.483. The second-order valence-electron chi connectivity index (χ2n) is 5.26. The molecule has 0 saturated carbocycles. The summed E-state index contributed by atoms with van der Waals surface area (Å²) in [6.45, 7) is 1.95. The van der Waals surface area contributed by atoms with Crippen LogP contribution < -0.4 is 5.63 Å². The number of rotatable bonds is 0. The quantitative estimate of drug-likeness (QED) is 0.299. The zero-order valence-corrected chi connectivity index (χ0v) is 11.4. The van der Waals surface area contributed by atoms with Gasteiger partial charge in [0.2, 0.25) is 0 Å². The number of benzene rings is 3. The molecule has 21 heavy (non-hydrogen) atoms. The van der Waals surface area contributed by atoms with Crippen LogP contribution >= 0.6 is 0 Å². The first-order chi connectivity index (χ1) is 10.1. The van der Waals surface area contributed by atoms with Gasteiger partial charge in [0.25, 0.3) is 0 Å². The van der Waals surface area contributed by atoms with Crippen molar-refractivity contribution in [2.24, 2.45) is 0 Å². The molecular weight excluding hydrogens is 264 g/mol. The highest BCUT2D eigenvalue weighted by Crippen LogP contribution is 2.35. The Hall–Kier alpha value is -2.81. The molecule has 3 nitrogen and oxygen atoms in total. The van der Waals surface area contributed by atoms with Crippen molar-refractivity contribution >= 4 is 32.5 Å². The lowest BCUT2D eigenvalue weighted by atomic mass is 10.0. The number of phenols is 1. The summed E-state index contributed by atoms with van der Waals surface area (Å²) in [6, 6.07) is 15.1. The second-order valence-corrected chi connectivity index (χ2v) is 5.26. The predicted octanol–water partition coefficient (Wildman–Crippen LogP) is 4.11. The van der Waals surface area contributed by atoms with Crippen LogP contribution in [0.4, 0.5) is 0 Å². The molecule has 0 aliphatic carbocycles. The maximum absolute atomic E-state index is 12.2. The predicted molar refractivity (Wildman–Crippen MR) is 83.9 cm³/mol. The van der Waals surface area contributed by atoms with Gasteiger partial charge in [-0.25, -0.2) is 4.79 Å². The molecule has 0 aliphatic heterocycles. The molecule has 1 N–H and O–H groups in total. The minimum Gasteiger partial charge on any atom is -0.506 e. The number of phenolic OH excluding ortho intramolecular Hbond substituents is 1. The third-order valence-corrected chi connectivity index (χ3v) is 3.86. The van der Waals surface area contributed by atoms with Crippen molar-refractivity contribution in [3.05, 3.63) is 64.5 Å². The van der Waals surface area contributed by atoms with Crippen LogP contribution in [0.15, 0.2) is 57.7 Å². The summed E-state index contributed by atoms with van der Waals surface area (Å²) in [4.78, 5) is 12.2. The zero-order valence-electron chi connectivity index (χ0n) is 11.4. The highest BCUT2D eigenvalue weighted by molar-refractivity contribution is 6.13. The van der Waals surface area contributed by atoms with Crippen LogP contribution in [0.25, 0.3) is 32.5 Å². The van der Waals surface area contributed by atoms with E-state index in [-0.39, 0.29) is 11.1 Å². The Bertz CT molecular complexity index is 1070. The van der Waals surface area contributed by atoms with E-state index >= 15 is 0 Å². The van der Waals surface area contributed by atoms with E-state index in [9.17, 15) is 9.90 Å². The number of aryl methyl sites for hydroxylation is 1. The Balaban J connectivity index is 2.35. The minimum absolute atomic E-state index is 0.0145. The van der Waals surface area contributed by atoms with Gasteiger partial charge in [-0.1, -0.05) is 36.4 Å². The third-order valence-electron chi connectivity index (χ3n) is 3.86. The maximum Gasteiger partial charge on any atom is 0.348 e. The number of hydrogen-bond acceptors (Lipinski definition) is 3. The average Bonchev–Trinajstić information content (AvgIpc) is 2.47. The van der Waals surface area contributed by atoms with Crippen molar-refractivity contribution in [3.63, 3.8) is 0 Å². The summed E-state index contributed by atoms with van der Waals surface area (Å²) in [7, 11) is 0. The Morgan fingerprint density at radius 2 is 1.76 bits per heavy atom. The molecule has 1 heterocycles. The van der Waals surface area contributed by atoms with Crippen molar-refractivity contribution in [3.8, 4) is 5.75 Å². The third kappa shape index (κ3) is 1.64. The van der Waals surface area contributed by atoms with Gasteiger partial charge in [0.05, 0.1) is 0 Å². The van der Waals surface area contributed by atoms with Crippen molar-refractivity contribution in [2.75, 3.05) is 0 Å². The van der Waals surface area contributed by atoms with Crippen LogP contribution in [-0.4, -0.2) is 5.11 Å². The largest absolute Gasteiger partial charge is 0.506 e. The lowest BCUT2D eigenvalue weighted by Gasteiger charge is -2.08. The molecule has 0 aliphatic rings. The van der Waals surface area contributed by atoms with Gasteiger partial charge in [-0.3, -0.25) is 0 Å². The summed E-state index contributed by atoms with van der Waals surface area (Å²) in [5.41, 5.74) is 1.06. The van der Waals surface area contributed by atoms with Crippen LogP contribution in [0.2, 0.25) is 0 Å². The Morgan fingerprint density at radius 3 is 2.62 bits per heavy atom. The fourth-order valence-electron chi connectivity index (χ4n) is 2.83. The average molecular weight is 276 g/mol. The second kappa shape index (κ2) is 4.09. The van der Waals surface area contributed by atoms with E-state index in [2.05, 4.69) is 0 Å². The Kier molecular flexibility index (Phi) is 2.33. The molecule has 0 unspecified atom stereocenters. The zero-order chi connectivity index (χ0) is 14.6. The molecule has 1 aromatic heterocycles. The normalized spacial score (nSPS) is 11.5. The molecule has 0 atom stereocenters. The first-order valence-corrected chi connectivity index (χ1v) is 6.73. The highest BCUT2D eigenvalue weighted by atomic mass is 16.4. The number of fused-ring (bicyclic) bond motifs is 4. The van der Waals surface area contributed by atoms with Crippen molar-refractivity contribution < 1.29 is 9.52 Å². The van der Waals surface area contributed by atoms with E-state index in [4.69, 9.17) is 4.42 Å². The molecule has 0 spiro atoms. The summed E-state index contributed by atoms with van der Waals surface area (Å²) in [5, 5.41) is 13.8. The monoisotopic (exact) mass is 276 g/mol. The van der Waals surface area contributed by atoms with Gasteiger partial charge in [0.15, 0.2) is 0 Å². The van der Waals surface area contributed by atoms with Gasteiger partial charge in [-0.2, -0.15) is 0 Å².